The van der Waals surface area contributed by atoms with Crippen molar-refractivity contribution in [2.24, 2.45) is 4.99 Å². The number of hydrogen-bond donors (Lipinski definition) is 0. The van der Waals surface area contributed by atoms with Gasteiger partial charge < -0.3 is 4.74 Å². The molecule has 1 aliphatic rings. The molecule has 5 heteroatoms. The largest absolute Gasteiger partial charge is 0.401 e. The van der Waals surface area contributed by atoms with Crippen molar-refractivity contribution in [1.82, 2.24) is 0 Å². The van der Waals surface area contributed by atoms with Crippen molar-refractivity contribution in [2.45, 2.75) is 26.7 Å². The Hall–Kier alpha value is -2.43. The van der Waals surface area contributed by atoms with Crippen molar-refractivity contribution in [2.75, 3.05) is 0 Å². The molecule has 0 saturated carbocycles. The second-order valence-electron chi connectivity index (χ2n) is 6.90. The molecule has 0 amide bonds. The molecule has 0 atom stereocenters. The van der Waals surface area contributed by atoms with E-state index in [1.807, 2.05) is 31.2 Å². The Labute approximate surface area is 167 Å². The van der Waals surface area contributed by atoms with Crippen LogP contribution in [0.3, 0.4) is 0 Å². The van der Waals surface area contributed by atoms with Gasteiger partial charge in [0.25, 0.3) is 0 Å². The number of ether oxygens (including phenoxy) is 1. The molecule has 0 fully saturated rings. The van der Waals surface area contributed by atoms with Crippen molar-refractivity contribution in [3.05, 3.63) is 74.8 Å². The first-order valence-corrected chi connectivity index (χ1v) is 9.93. The van der Waals surface area contributed by atoms with Crippen LogP contribution in [-0.2, 0) is 9.53 Å². The summed E-state index contributed by atoms with van der Waals surface area (Å²) in [6.45, 7) is 6.33. The van der Waals surface area contributed by atoms with Crippen LogP contribution in [0.25, 0.3) is 16.2 Å². The van der Waals surface area contributed by atoms with Crippen LogP contribution >= 0.6 is 22.9 Å². The lowest BCUT2D eigenvalue weighted by molar-refractivity contribution is -0.129. The molecule has 4 rings (SSSR count). The van der Waals surface area contributed by atoms with E-state index in [4.69, 9.17) is 16.3 Å². The summed E-state index contributed by atoms with van der Waals surface area (Å²) < 4.78 is 6.45. The summed E-state index contributed by atoms with van der Waals surface area (Å²) in [5.74, 6) is 0.281. The van der Waals surface area contributed by atoms with E-state index in [1.54, 1.807) is 6.08 Å². The molecular weight excluding hydrogens is 378 g/mol. The van der Waals surface area contributed by atoms with Crippen LogP contribution in [0.2, 0.25) is 5.02 Å². The minimum Gasteiger partial charge on any atom is -0.401 e. The zero-order valence-electron chi connectivity index (χ0n) is 15.2. The molecule has 136 valence electrons. The number of nitrogens with zero attached hydrogens (tertiary/aromatic N) is 1. The van der Waals surface area contributed by atoms with E-state index in [1.165, 1.54) is 16.9 Å². The maximum atomic E-state index is 12.3. The predicted octanol–water partition coefficient (Wildman–Crippen LogP) is 6.33. The lowest BCUT2D eigenvalue weighted by Gasteiger charge is -2.04. The number of esters is 1. The maximum absolute atomic E-state index is 12.3. The van der Waals surface area contributed by atoms with Crippen LogP contribution in [0.4, 0.5) is 0 Å². The van der Waals surface area contributed by atoms with Crippen molar-refractivity contribution in [3.63, 3.8) is 0 Å². The second kappa shape index (κ2) is 6.95. The second-order valence-corrected chi connectivity index (χ2v) is 8.33. The van der Waals surface area contributed by atoms with Gasteiger partial charge in [0.1, 0.15) is 4.88 Å². The van der Waals surface area contributed by atoms with Gasteiger partial charge in [-0.25, -0.2) is 9.79 Å². The van der Waals surface area contributed by atoms with E-state index in [-0.39, 0.29) is 11.6 Å². The highest BCUT2D eigenvalue weighted by Crippen LogP contribution is 2.37. The Balaban J connectivity index is 1.70. The summed E-state index contributed by atoms with van der Waals surface area (Å²) in [6, 6.07) is 14.2. The van der Waals surface area contributed by atoms with E-state index >= 15 is 0 Å². The van der Waals surface area contributed by atoms with Gasteiger partial charge in [-0.05, 0) is 41.7 Å². The molecule has 0 bridgehead atoms. The number of benzene rings is 2. The number of thiophene rings is 1. The van der Waals surface area contributed by atoms with E-state index in [0.29, 0.717) is 15.8 Å². The SMILES string of the molecule is Cc1ccc2c(Cl)c(C3=N/C(=C\c4ccc(C(C)C)cc4)C(=O)O3)sc2c1. The summed E-state index contributed by atoms with van der Waals surface area (Å²) in [7, 11) is 0. The van der Waals surface area contributed by atoms with Gasteiger partial charge in [0, 0.05) is 10.1 Å². The Bertz CT molecular complexity index is 1110. The molecule has 3 aromatic rings. The normalized spacial score (nSPS) is 15.7. The Morgan fingerprint density at radius 2 is 1.89 bits per heavy atom. The van der Waals surface area contributed by atoms with E-state index in [9.17, 15) is 4.79 Å². The van der Waals surface area contributed by atoms with Crippen molar-refractivity contribution >= 4 is 51.0 Å². The molecule has 2 aromatic carbocycles. The topological polar surface area (TPSA) is 38.7 Å². The fourth-order valence-corrected chi connectivity index (χ4v) is 4.49. The maximum Gasteiger partial charge on any atom is 0.363 e. The van der Waals surface area contributed by atoms with E-state index in [0.717, 1.165) is 21.2 Å². The van der Waals surface area contributed by atoms with Crippen molar-refractivity contribution in [1.29, 1.82) is 0 Å². The number of rotatable bonds is 3. The molecule has 27 heavy (non-hydrogen) atoms. The van der Waals surface area contributed by atoms with Crippen LogP contribution < -0.4 is 0 Å². The number of carbonyl (C=O) groups is 1. The molecule has 0 unspecified atom stereocenters. The average Bonchev–Trinajstić information content (AvgIpc) is 3.15. The molecule has 1 aliphatic heterocycles. The minimum atomic E-state index is -0.456. The zero-order chi connectivity index (χ0) is 19.1. The van der Waals surface area contributed by atoms with Gasteiger partial charge in [0.05, 0.1) is 5.02 Å². The molecule has 0 saturated heterocycles. The van der Waals surface area contributed by atoms with Gasteiger partial charge in [-0.15, -0.1) is 11.3 Å². The molecule has 2 heterocycles. The first-order chi connectivity index (χ1) is 12.9. The summed E-state index contributed by atoms with van der Waals surface area (Å²) >= 11 is 7.99. The summed E-state index contributed by atoms with van der Waals surface area (Å²) in [4.78, 5) is 17.4. The first-order valence-electron chi connectivity index (χ1n) is 8.74. The third-order valence-corrected chi connectivity index (χ3v) is 6.15. The lowest BCUT2D eigenvalue weighted by atomic mass is 10.0. The smallest absolute Gasteiger partial charge is 0.363 e. The first kappa shape index (κ1) is 18.0. The van der Waals surface area contributed by atoms with E-state index in [2.05, 4.69) is 37.0 Å². The Kier molecular flexibility index (Phi) is 4.62. The quantitative estimate of drug-likeness (QED) is 0.384. The van der Waals surface area contributed by atoms with Gasteiger partial charge in [-0.3, -0.25) is 0 Å². The number of cyclic esters (lactones) is 1. The van der Waals surface area contributed by atoms with Gasteiger partial charge in [0.15, 0.2) is 5.70 Å². The van der Waals surface area contributed by atoms with Crippen molar-refractivity contribution in [3.8, 4) is 0 Å². The highest BCUT2D eigenvalue weighted by atomic mass is 35.5. The van der Waals surface area contributed by atoms with Gasteiger partial charge in [0.2, 0.25) is 5.90 Å². The van der Waals surface area contributed by atoms with Crippen molar-refractivity contribution < 1.29 is 9.53 Å². The predicted molar refractivity (Wildman–Crippen MR) is 113 cm³/mol. The fraction of sp³-hybridized carbons (Fsp3) is 0.182. The standard InChI is InChI=1S/C22H18ClNO2S/c1-12(2)15-7-5-14(6-8-15)11-17-22(25)26-21(24-17)20-19(23)16-9-4-13(3)10-18(16)27-20/h4-12H,1-3H3/b17-11-. The summed E-state index contributed by atoms with van der Waals surface area (Å²) in [5.41, 5.74) is 3.60. The van der Waals surface area contributed by atoms with Crippen LogP contribution in [0.1, 0.15) is 41.3 Å². The molecule has 0 N–H and O–H groups in total. The lowest BCUT2D eigenvalue weighted by Crippen LogP contribution is -2.04. The van der Waals surface area contributed by atoms with Crippen LogP contribution in [0.15, 0.2) is 53.2 Å². The molecular formula is C22H18ClNO2S. The zero-order valence-corrected chi connectivity index (χ0v) is 16.8. The van der Waals surface area contributed by atoms with E-state index < -0.39 is 5.97 Å². The third-order valence-electron chi connectivity index (χ3n) is 4.51. The number of halogens is 1. The number of carbonyl (C=O) groups excluding carboxylic acids is 1. The highest BCUT2D eigenvalue weighted by molar-refractivity contribution is 7.21. The highest BCUT2D eigenvalue weighted by Gasteiger charge is 2.28. The average molecular weight is 396 g/mol. The Morgan fingerprint density at radius 1 is 1.15 bits per heavy atom. The fourth-order valence-electron chi connectivity index (χ4n) is 2.95. The Morgan fingerprint density at radius 3 is 2.59 bits per heavy atom. The third kappa shape index (κ3) is 3.43. The van der Waals surface area contributed by atoms with Crippen LogP contribution in [0, 0.1) is 6.92 Å². The monoisotopic (exact) mass is 395 g/mol. The molecule has 0 aliphatic carbocycles. The summed E-state index contributed by atoms with van der Waals surface area (Å²) in [5, 5.41) is 1.52. The molecule has 0 radical (unpaired) electrons. The molecule has 1 aromatic heterocycles. The number of hydrogen-bond acceptors (Lipinski definition) is 4. The number of fused-ring (bicyclic) bond motifs is 1. The summed E-state index contributed by atoms with van der Waals surface area (Å²) in [6.07, 6.45) is 1.74. The molecule has 0 spiro atoms. The number of aliphatic imine (C=N–C) groups is 1. The van der Waals surface area contributed by atoms with Crippen LogP contribution in [0.5, 0.6) is 0 Å². The molecule has 3 nitrogen and oxygen atoms in total. The van der Waals surface area contributed by atoms with Gasteiger partial charge >= 0.3 is 5.97 Å². The van der Waals surface area contributed by atoms with Crippen LogP contribution in [-0.4, -0.2) is 11.9 Å². The van der Waals surface area contributed by atoms with Gasteiger partial charge in [-0.1, -0.05) is 61.8 Å². The number of aryl methyl sites for hydroxylation is 1. The minimum absolute atomic E-state index is 0.272. The van der Waals surface area contributed by atoms with Gasteiger partial charge in [-0.2, -0.15) is 0 Å².